The largest absolute Gasteiger partial charge is 0.314 e. The zero-order valence-corrected chi connectivity index (χ0v) is 16.9. The fraction of sp³-hybridized carbons (Fsp3) is 0.125. The number of pyridine rings is 1. The standard InChI is InChI=1S/C24H22N4O2/c1-18-23(24(30)28(26(18)2)21-13-7-4-8-14-21)25-22(29)17-27-15-9-12-20(16-27)19-10-5-3-6-11-19/h3-16H,17H2,1-2H3/p+1. The Morgan fingerprint density at radius 3 is 2.27 bits per heavy atom. The number of anilines is 1. The molecule has 4 aromatic rings. The van der Waals surface area contributed by atoms with Crippen LogP contribution in [0.1, 0.15) is 5.69 Å². The maximum absolute atomic E-state index is 13.0. The van der Waals surface area contributed by atoms with Gasteiger partial charge in [0.25, 0.3) is 11.5 Å². The van der Waals surface area contributed by atoms with Crippen molar-refractivity contribution in [2.75, 3.05) is 5.32 Å². The highest BCUT2D eigenvalue weighted by atomic mass is 16.2. The Kier molecular flexibility index (Phi) is 5.30. The summed E-state index contributed by atoms with van der Waals surface area (Å²) >= 11 is 0. The molecule has 150 valence electrons. The van der Waals surface area contributed by atoms with Crippen LogP contribution in [0, 0.1) is 6.92 Å². The van der Waals surface area contributed by atoms with Crippen molar-refractivity contribution < 1.29 is 9.36 Å². The topological polar surface area (TPSA) is 59.9 Å². The number of para-hydroxylation sites is 1. The van der Waals surface area contributed by atoms with Gasteiger partial charge in [-0.1, -0.05) is 48.5 Å². The molecule has 0 aliphatic heterocycles. The molecule has 0 atom stereocenters. The van der Waals surface area contributed by atoms with Gasteiger partial charge in [0.05, 0.1) is 11.4 Å². The lowest BCUT2D eigenvalue weighted by Gasteiger charge is -2.07. The third-order valence-corrected chi connectivity index (χ3v) is 5.11. The molecule has 6 nitrogen and oxygen atoms in total. The van der Waals surface area contributed by atoms with E-state index in [0.29, 0.717) is 11.4 Å². The lowest BCUT2D eigenvalue weighted by molar-refractivity contribution is -0.683. The monoisotopic (exact) mass is 399 g/mol. The van der Waals surface area contributed by atoms with Crippen molar-refractivity contribution >= 4 is 11.6 Å². The molecule has 1 N–H and O–H groups in total. The Balaban J connectivity index is 1.57. The third-order valence-electron chi connectivity index (χ3n) is 5.11. The Bertz CT molecular complexity index is 1240. The summed E-state index contributed by atoms with van der Waals surface area (Å²) < 4.78 is 5.11. The van der Waals surface area contributed by atoms with Gasteiger partial charge in [-0.25, -0.2) is 4.68 Å². The van der Waals surface area contributed by atoms with E-state index in [-0.39, 0.29) is 18.0 Å². The summed E-state index contributed by atoms with van der Waals surface area (Å²) in [6, 6.07) is 23.3. The maximum atomic E-state index is 13.0. The summed E-state index contributed by atoms with van der Waals surface area (Å²) in [5.41, 5.74) is 3.59. The van der Waals surface area contributed by atoms with Crippen molar-refractivity contribution in [3.63, 3.8) is 0 Å². The number of amides is 1. The van der Waals surface area contributed by atoms with Crippen LogP contribution in [0.2, 0.25) is 0 Å². The number of carbonyl (C=O) groups excluding carboxylic acids is 1. The lowest BCUT2D eigenvalue weighted by atomic mass is 10.1. The molecule has 0 aliphatic carbocycles. The summed E-state index contributed by atoms with van der Waals surface area (Å²) in [6.45, 7) is 1.93. The lowest BCUT2D eigenvalue weighted by Crippen LogP contribution is -2.40. The second kappa shape index (κ2) is 8.21. The Morgan fingerprint density at radius 1 is 0.933 bits per heavy atom. The molecule has 0 saturated carbocycles. The van der Waals surface area contributed by atoms with Gasteiger partial charge in [0, 0.05) is 18.7 Å². The van der Waals surface area contributed by atoms with Crippen molar-refractivity contribution in [2.45, 2.75) is 13.5 Å². The molecule has 2 aromatic heterocycles. The predicted molar refractivity (Wildman–Crippen MR) is 116 cm³/mol. The highest BCUT2D eigenvalue weighted by Crippen LogP contribution is 2.16. The predicted octanol–water partition coefficient (Wildman–Crippen LogP) is 3.08. The second-order valence-corrected chi connectivity index (χ2v) is 7.12. The van der Waals surface area contributed by atoms with Gasteiger partial charge >= 0.3 is 0 Å². The van der Waals surface area contributed by atoms with E-state index >= 15 is 0 Å². The Labute approximate surface area is 174 Å². The normalized spacial score (nSPS) is 10.7. The first kappa shape index (κ1) is 19.4. The van der Waals surface area contributed by atoms with Crippen LogP contribution in [0.25, 0.3) is 16.8 Å². The molecule has 0 fully saturated rings. The molecule has 0 unspecified atom stereocenters. The number of nitrogens with zero attached hydrogens (tertiary/aromatic N) is 3. The van der Waals surface area contributed by atoms with Crippen LogP contribution >= 0.6 is 0 Å². The molecule has 0 aliphatic rings. The summed E-state index contributed by atoms with van der Waals surface area (Å²) in [4.78, 5) is 25.7. The average molecular weight is 399 g/mol. The highest BCUT2D eigenvalue weighted by molar-refractivity contribution is 5.90. The van der Waals surface area contributed by atoms with Gasteiger partial charge < -0.3 is 5.32 Å². The van der Waals surface area contributed by atoms with E-state index in [1.807, 2.05) is 96.7 Å². The summed E-state index contributed by atoms with van der Waals surface area (Å²) in [5.74, 6) is -0.253. The van der Waals surface area contributed by atoms with Gasteiger partial charge in [0.15, 0.2) is 12.4 Å². The van der Waals surface area contributed by atoms with Crippen molar-refractivity contribution in [3.8, 4) is 16.8 Å². The van der Waals surface area contributed by atoms with Gasteiger partial charge in [-0.15, -0.1) is 0 Å². The van der Waals surface area contributed by atoms with E-state index < -0.39 is 0 Å². The molecule has 0 bridgehead atoms. The minimum atomic E-state index is -0.253. The molecule has 6 heteroatoms. The molecule has 2 aromatic carbocycles. The third kappa shape index (κ3) is 3.80. The van der Waals surface area contributed by atoms with Crippen LogP contribution < -0.4 is 15.4 Å². The number of carbonyl (C=O) groups is 1. The molecule has 0 spiro atoms. The summed E-state index contributed by atoms with van der Waals surface area (Å²) in [6.07, 6.45) is 3.77. The zero-order valence-electron chi connectivity index (χ0n) is 16.9. The number of nitrogens with one attached hydrogen (secondary N) is 1. The first-order valence-electron chi connectivity index (χ1n) is 9.73. The maximum Gasteiger partial charge on any atom is 0.295 e. The van der Waals surface area contributed by atoms with Gasteiger partial charge in [-0.2, -0.15) is 4.57 Å². The van der Waals surface area contributed by atoms with Gasteiger partial charge in [-0.3, -0.25) is 14.3 Å². The van der Waals surface area contributed by atoms with Crippen molar-refractivity contribution in [3.05, 3.63) is 101 Å². The number of hydrogen-bond donors (Lipinski definition) is 1. The molecular formula is C24H23N4O2+. The van der Waals surface area contributed by atoms with E-state index in [9.17, 15) is 9.59 Å². The van der Waals surface area contributed by atoms with Crippen molar-refractivity contribution in [2.24, 2.45) is 7.05 Å². The van der Waals surface area contributed by atoms with Crippen LogP contribution in [-0.4, -0.2) is 15.3 Å². The van der Waals surface area contributed by atoms with Gasteiger partial charge in [0.2, 0.25) is 6.54 Å². The Hall–Kier alpha value is -3.93. The second-order valence-electron chi connectivity index (χ2n) is 7.12. The van der Waals surface area contributed by atoms with E-state index in [4.69, 9.17) is 0 Å². The molecule has 2 heterocycles. The van der Waals surface area contributed by atoms with Gasteiger partial charge in [-0.05, 0) is 30.7 Å². The SMILES string of the molecule is Cc1c(NC(=O)C[n+]2cccc(-c3ccccc3)c2)c(=O)n(-c2ccccc2)n1C. The highest BCUT2D eigenvalue weighted by Gasteiger charge is 2.20. The number of rotatable bonds is 5. The van der Waals surface area contributed by atoms with Gasteiger partial charge in [0.1, 0.15) is 5.69 Å². The first-order valence-corrected chi connectivity index (χ1v) is 9.73. The molecule has 1 amide bonds. The average Bonchev–Trinajstić information content (AvgIpc) is 2.98. The molecular weight excluding hydrogens is 376 g/mol. The number of aromatic nitrogens is 3. The molecule has 0 radical (unpaired) electrons. The van der Waals surface area contributed by atoms with Crippen LogP contribution in [-0.2, 0) is 18.4 Å². The van der Waals surface area contributed by atoms with Crippen LogP contribution in [0.3, 0.4) is 0 Å². The fourth-order valence-electron chi connectivity index (χ4n) is 3.48. The van der Waals surface area contributed by atoms with Crippen LogP contribution in [0.15, 0.2) is 90.0 Å². The first-order chi connectivity index (χ1) is 14.5. The van der Waals surface area contributed by atoms with Crippen LogP contribution in [0.5, 0.6) is 0 Å². The van der Waals surface area contributed by atoms with E-state index in [1.54, 1.807) is 16.4 Å². The number of benzene rings is 2. The van der Waals surface area contributed by atoms with Crippen molar-refractivity contribution in [1.29, 1.82) is 0 Å². The van der Waals surface area contributed by atoms with E-state index in [0.717, 1.165) is 16.8 Å². The van der Waals surface area contributed by atoms with Crippen LogP contribution in [0.4, 0.5) is 5.69 Å². The molecule has 30 heavy (non-hydrogen) atoms. The minimum absolute atomic E-state index is 0.111. The van der Waals surface area contributed by atoms with E-state index in [2.05, 4.69) is 5.32 Å². The molecule has 0 saturated heterocycles. The smallest absolute Gasteiger partial charge is 0.295 e. The zero-order chi connectivity index (χ0) is 21.1. The van der Waals surface area contributed by atoms with E-state index in [1.165, 1.54) is 0 Å². The fourth-order valence-corrected chi connectivity index (χ4v) is 3.48. The Morgan fingerprint density at radius 2 is 1.57 bits per heavy atom. The number of hydrogen-bond acceptors (Lipinski definition) is 2. The van der Waals surface area contributed by atoms with Crippen molar-refractivity contribution in [1.82, 2.24) is 9.36 Å². The summed E-state index contributed by atoms with van der Waals surface area (Å²) in [7, 11) is 1.80. The summed E-state index contributed by atoms with van der Waals surface area (Å²) in [5, 5.41) is 2.80. The minimum Gasteiger partial charge on any atom is -0.314 e. The quantitative estimate of drug-likeness (QED) is 0.525. The molecule has 4 rings (SSSR count).